The molecule has 0 spiro atoms. The van der Waals surface area contributed by atoms with Crippen LogP contribution in [0.15, 0.2) is 0 Å². The Bertz CT molecular complexity index is 17.1. The van der Waals surface area contributed by atoms with Crippen LogP contribution in [0.4, 0.5) is 0 Å². The van der Waals surface area contributed by atoms with Gasteiger partial charge in [-0.15, -0.1) is 0 Å². The standard InChI is InChI=1S/CH2O2.Ba.Na.2H/c2-1-3;;;;/h1H,(H,2,3);;;;/q;;+1;;/p-1. The van der Waals surface area contributed by atoms with E-state index in [-0.39, 0.29) is 78.4 Å². The quantitative estimate of drug-likeness (QED) is 0.294. The van der Waals surface area contributed by atoms with Gasteiger partial charge in [0.2, 0.25) is 0 Å². The normalized spacial score (nSPS) is 2.40. The Balaban J connectivity index is -0.0000000200. The van der Waals surface area contributed by atoms with Gasteiger partial charge in [0.1, 0.15) is 0 Å². The fraction of sp³-hybridized carbons (Fsp3) is 0. The van der Waals surface area contributed by atoms with Crippen molar-refractivity contribution >= 4 is 55.4 Å². The van der Waals surface area contributed by atoms with E-state index in [1.165, 1.54) is 0 Å². The van der Waals surface area contributed by atoms with Gasteiger partial charge in [0.15, 0.2) is 0 Å². The van der Waals surface area contributed by atoms with Gasteiger partial charge in [0.05, 0.1) is 0 Å². The molecule has 0 aromatic carbocycles. The average Bonchev–Trinajstić information content (AvgIpc) is 0.918. The molecule has 0 aromatic heterocycles. The van der Waals surface area contributed by atoms with Crippen molar-refractivity contribution in [2.75, 3.05) is 0 Å². The zero-order valence-corrected chi connectivity index (χ0v) is 4.39. The minimum absolute atomic E-state index is 0. The van der Waals surface area contributed by atoms with Crippen LogP contribution in [0.25, 0.3) is 0 Å². The van der Waals surface area contributed by atoms with Crippen molar-refractivity contribution in [3.8, 4) is 0 Å². The second-order valence-electron chi connectivity index (χ2n) is 0.0962. The first-order valence-electron chi connectivity index (χ1n) is 0.471. The number of rotatable bonds is 0. The number of carbonyl (C=O) groups excluding carboxylic acids is 1. The van der Waals surface area contributed by atoms with Crippen molar-refractivity contribution in [3.05, 3.63) is 0 Å². The molecule has 0 heterocycles. The second kappa shape index (κ2) is 16.6. The molecule has 0 saturated heterocycles. The summed E-state index contributed by atoms with van der Waals surface area (Å²) in [6, 6.07) is 0. The first kappa shape index (κ1) is 15.7. The first-order chi connectivity index (χ1) is 1.41. The summed E-state index contributed by atoms with van der Waals surface area (Å²) < 4.78 is 0. The Morgan fingerprint density at radius 2 is 1.60 bits per heavy atom. The molecule has 0 aliphatic heterocycles. The third-order valence-electron chi connectivity index (χ3n) is 0. The van der Waals surface area contributed by atoms with Crippen molar-refractivity contribution in [2.45, 2.75) is 0 Å². The summed E-state index contributed by atoms with van der Waals surface area (Å²) in [6.45, 7) is -0.500. The van der Waals surface area contributed by atoms with Crippen molar-refractivity contribution in [1.82, 2.24) is 0 Å². The minimum Gasteiger partial charge on any atom is 1.00 e. The molecular formula is CH3BaNaO2. The van der Waals surface area contributed by atoms with E-state index >= 15 is 0 Å². The minimum atomic E-state index is -0.500. The molecule has 0 rings (SSSR count). The van der Waals surface area contributed by atoms with E-state index < -0.39 is 6.47 Å². The first-order valence-corrected chi connectivity index (χ1v) is 0.471. The fourth-order valence-corrected chi connectivity index (χ4v) is 0. The van der Waals surface area contributed by atoms with E-state index in [9.17, 15) is 0 Å². The maximum absolute atomic E-state index is 8.25. The van der Waals surface area contributed by atoms with Crippen LogP contribution in [0.2, 0.25) is 0 Å². The average molecular weight is 207 g/mol. The Hall–Kier alpha value is 2.04. The van der Waals surface area contributed by atoms with Crippen LogP contribution in [-0.4, -0.2) is 55.4 Å². The molecule has 0 unspecified atom stereocenters. The van der Waals surface area contributed by atoms with E-state index in [1.807, 2.05) is 0 Å². The predicted octanol–water partition coefficient (Wildman–Crippen LogP) is -5.55. The van der Waals surface area contributed by atoms with Crippen LogP contribution in [0.1, 0.15) is 0 Å². The van der Waals surface area contributed by atoms with E-state index in [0.717, 1.165) is 0 Å². The largest absolute Gasteiger partial charge is 1.00 e. The molecule has 0 radical (unpaired) electrons. The Kier molecular flexibility index (Phi) is 52.2. The molecule has 22 valence electrons. The van der Waals surface area contributed by atoms with Gasteiger partial charge in [0.25, 0.3) is 0 Å². The molecule has 0 atom stereocenters. The Labute approximate surface area is 92.7 Å². The van der Waals surface area contributed by atoms with E-state index in [4.69, 9.17) is 9.90 Å². The van der Waals surface area contributed by atoms with Crippen molar-refractivity contribution in [3.63, 3.8) is 0 Å². The molecule has 0 N–H and O–H groups in total. The van der Waals surface area contributed by atoms with E-state index in [1.54, 1.807) is 0 Å². The summed E-state index contributed by atoms with van der Waals surface area (Å²) in [7, 11) is 0. The maximum Gasteiger partial charge on any atom is 1.00 e. The van der Waals surface area contributed by atoms with Crippen LogP contribution in [-0.2, 0) is 4.79 Å². The Morgan fingerprint density at radius 3 is 1.60 bits per heavy atom. The summed E-state index contributed by atoms with van der Waals surface area (Å²) in [6.07, 6.45) is 0. The molecule has 0 saturated carbocycles. The number of hydrogen-bond donors (Lipinski definition) is 0. The SMILES string of the molecule is O=C[O-].[BaH2].[Na+]. The van der Waals surface area contributed by atoms with Gasteiger partial charge >= 0.3 is 78.4 Å². The van der Waals surface area contributed by atoms with Crippen LogP contribution < -0.4 is 34.7 Å². The van der Waals surface area contributed by atoms with Crippen LogP contribution in [0.3, 0.4) is 0 Å². The van der Waals surface area contributed by atoms with Gasteiger partial charge in [-0.3, -0.25) is 0 Å². The van der Waals surface area contributed by atoms with Gasteiger partial charge in [-0.2, -0.15) is 0 Å². The second-order valence-corrected chi connectivity index (χ2v) is 0.0962. The summed E-state index contributed by atoms with van der Waals surface area (Å²) in [4.78, 5) is 8.25. The molecule has 0 fully saturated rings. The molecule has 0 bridgehead atoms. The smallest absolute Gasteiger partial charge is 1.00 e. The molecule has 0 aliphatic carbocycles. The van der Waals surface area contributed by atoms with E-state index in [0.29, 0.717) is 0 Å². The summed E-state index contributed by atoms with van der Waals surface area (Å²) >= 11 is 0. The van der Waals surface area contributed by atoms with Crippen molar-refractivity contribution < 1.29 is 39.5 Å². The van der Waals surface area contributed by atoms with Crippen molar-refractivity contribution in [1.29, 1.82) is 0 Å². The molecule has 0 aromatic rings. The number of carboxylic acid groups (broad SMARTS) is 1. The van der Waals surface area contributed by atoms with Gasteiger partial charge in [-0.25, -0.2) is 0 Å². The van der Waals surface area contributed by atoms with Gasteiger partial charge < -0.3 is 9.90 Å². The fourth-order valence-electron chi connectivity index (χ4n) is 0. The van der Waals surface area contributed by atoms with Crippen LogP contribution >= 0.6 is 0 Å². The van der Waals surface area contributed by atoms with Gasteiger partial charge in [0, 0.05) is 6.47 Å². The summed E-state index contributed by atoms with van der Waals surface area (Å²) in [5.74, 6) is 0. The maximum atomic E-state index is 8.25. The molecule has 4 heteroatoms. The topological polar surface area (TPSA) is 40.1 Å². The van der Waals surface area contributed by atoms with Crippen LogP contribution in [0.5, 0.6) is 0 Å². The third kappa shape index (κ3) is 23.7. The molecule has 0 amide bonds. The number of carbonyl (C=O) groups is 1. The molecular weight excluding hydrogens is 204 g/mol. The zero-order chi connectivity index (χ0) is 2.71. The third-order valence-corrected chi connectivity index (χ3v) is 0. The van der Waals surface area contributed by atoms with Crippen molar-refractivity contribution in [2.24, 2.45) is 0 Å². The van der Waals surface area contributed by atoms with Crippen LogP contribution in [0, 0.1) is 0 Å². The number of hydrogen-bond acceptors (Lipinski definition) is 2. The zero-order valence-electron chi connectivity index (χ0n) is 2.39. The Morgan fingerprint density at radius 1 is 1.60 bits per heavy atom. The van der Waals surface area contributed by atoms with Gasteiger partial charge in [-0.05, 0) is 0 Å². The molecule has 2 nitrogen and oxygen atoms in total. The summed E-state index contributed by atoms with van der Waals surface area (Å²) in [5.41, 5.74) is 0. The monoisotopic (exact) mass is 208 g/mol. The van der Waals surface area contributed by atoms with Gasteiger partial charge in [-0.1, -0.05) is 0 Å². The summed E-state index contributed by atoms with van der Waals surface area (Å²) in [5, 5.41) is 8.25. The predicted molar refractivity (Wildman–Crippen MR) is 14.6 cm³/mol. The van der Waals surface area contributed by atoms with E-state index in [2.05, 4.69) is 0 Å². The molecule has 0 aliphatic rings. The molecule has 5 heavy (non-hydrogen) atoms.